The molecule has 1 aromatic heterocycles. The van der Waals surface area contributed by atoms with Crippen LogP contribution in [0.25, 0.3) is 0 Å². The Morgan fingerprint density at radius 1 is 1.35 bits per heavy atom. The lowest BCUT2D eigenvalue weighted by Gasteiger charge is -2.28. The number of aromatic nitrogens is 2. The van der Waals surface area contributed by atoms with Gasteiger partial charge in [-0.05, 0) is 50.0 Å². The molecule has 1 fully saturated rings. The second-order valence-electron chi connectivity index (χ2n) is 6.46. The number of aromatic carboxylic acids is 1. The molecule has 138 valence electrons. The number of nitrogens with one attached hydrogen (secondary N) is 2. The van der Waals surface area contributed by atoms with Crippen molar-refractivity contribution in [2.45, 2.75) is 12.8 Å². The minimum Gasteiger partial charge on any atom is -0.478 e. The van der Waals surface area contributed by atoms with Gasteiger partial charge >= 0.3 is 5.97 Å². The Balaban J connectivity index is 1.73. The Morgan fingerprint density at radius 2 is 2.12 bits per heavy atom. The summed E-state index contributed by atoms with van der Waals surface area (Å²) in [6.07, 6.45) is 3.68. The van der Waals surface area contributed by atoms with Crippen LogP contribution in [0.2, 0.25) is 0 Å². The highest BCUT2D eigenvalue weighted by Gasteiger charge is 2.16. The number of hydrogen-bond acceptors (Lipinski definition) is 6. The summed E-state index contributed by atoms with van der Waals surface area (Å²) < 4.78 is 14.0. The number of benzene rings is 1. The normalized spacial score (nSPS) is 14.8. The van der Waals surface area contributed by atoms with Gasteiger partial charge < -0.3 is 20.6 Å². The molecule has 0 amide bonds. The highest BCUT2D eigenvalue weighted by Crippen LogP contribution is 2.23. The van der Waals surface area contributed by atoms with Crippen molar-refractivity contribution in [2.75, 3.05) is 36.9 Å². The van der Waals surface area contributed by atoms with Crippen LogP contribution in [0, 0.1) is 11.7 Å². The third kappa shape index (κ3) is 4.45. The molecule has 2 aromatic rings. The second kappa shape index (κ2) is 8.09. The molecule has 1 aliphatic heterocycles. The van der Waals surface area contributed by atoms with Crippen LogP contribution < -0.4 is 15.5 Å². The molecular weight excluding hydrogens is 337 g/mol. The van der Waals surface area contributed by atoms with Crippen molar-refractivity contribution < 1.29 is 14.3 Å². The van der Waals surface area contributed by atoms with Crippen molar-refractivity contribution in [1.82, 2.24) is 15.3 Å². The van der Waals surface area contributed by atoms with E-state index in [4.69, 9.17) is 5.11 Å². The lowest BCUT2D eigenvalue weighted by Crippen LogP contribution is -2.34. The maximum Gasteiger partial charge on any atom is 0.335 e. The van der Waals surface area contributed by atoms with Gasteiger partial charge in [-0.15, -0.1) is 0 Å². The molecule has 0 bridgehead atoms. The average Bonchev–Trinajstić information content (AvgIpc) is 2.64. The molecule has 26 heavy (non-hydrogen) atoms. The van der Waals surface area contributed by atoms with E-state index in [1.54, 1.807) is 6.07 Å². The van der Waals surface area contributed by atoms with Crippen LogP contribution in [-0.2, 0) is 0 Å². The lowest BCUT2D eigenvalue weighted by atomic mass is 9.98. The van der Waals surface area contributed by atoms with Crippen molar-refractivity contribution in [1.29, 1.82) is 0 Å². The van der Waals surface area contributed by atoms with E-state index < -0.39 is 11.8 Å². The molecule has 1 saturated heterocycles. The molecule has 1 aliphatic rings. The fourth-order valence-electron chi connectivity index (χ4n) is 3.06. The maximum absolute atomic E-state index is 14.0. The minimum absolute atomic E-state index is 0.00575. The third-order valence-corrected chi connectivity index (χ3v) is 4.51. The highest BCUT2D eigenvalue weighted by atomic mass is 19.1. The van der Waals surface area contributed by atoms with E-state index in [9.17, 15) is 9.18 Å². The summed E-state index contributed by atoms with van der Waals surface area (Å²) in [5.74, 6) is 0.0955. The zero-order chi connectivity index (χ0) is 18.5. The smallest absolute Gasteiger partial charge is 0.335 e. The molecule has 0 atom stereocenters. The Labute approximate surface area is 151 Å². The highest BCUT2D eigenvalue weighted by molar-refractivity contribution is 5.89. The van der Waals surface area contributed by atoms with Gasteiger partial charge in [0.05, 0.1) is 11.3 Å². The zero-order valence-electron chi connectivity index (χ0n) is 14.6. The number of hydrogen-bond donors (Lipinski definition) is 3. The standard InChI is InChI=1S/C18H22FN5O2/c1-24(10-12-4-6-20-7-5-12)17-9-16(21-11-22-17)23-15-8-13(18(25)26)2-3-14(15)19/h2-3,8-9,11-12,20H,4-7,10H2,1H3,(H,25,26)(H,21,22,23). The SMILES string of the molecule is CN(CC1CCNCC1)c1cc(Nc2cc(C(=O)O)ccc2F)ncn1. The Kier molecular flexibility index (Phi) is 5.62. The molecule has 3 N–H and O–H groups in total. The first-order valence-electron chi connectivity index (χ1n) is 8.56. The Hall–Kier alpha value is -2.74. The second-order valence-corrected chi connectivity index (χ2v) is 6.46. The molecule has 3 rings (SSSR count). The van der Waals surface area contributed by atoms with E-state index in [1.807, 2.05) is 7.05 Å². The van der Waals surface area contributed by atoms with E-state index in [0.29, 0.717) is 11.7 Å². The van der Waals surface area contributed by atoms with E-state index in [2.05, 4.69) is 25.5 Å². The van der Waals surface area contributed by atoms with Crippen molar-refractivity contribution in [2.24, 2.45) is 5.92 Å². The van der Waals surface area contributed by atoms with Crippen LogP contribution in [0.1, 0.15) is 23.2 Å². The fraction of sp³-hybridized carbons (Fsp3) is 0.389. The number of halogens is 1. The first-order chi connectivity index (χ1) is 12.5. The number of carboxylic acids is 1. The van der Waals surface area contributed by atoms with E-state index in [0.717, 1.165) is 44.4 Å². The van der Waals surface area contributed by atoms with Gasteiger partial charge in [0.1, 0.15) is 23.8 Å². The van der Waals surface area contributed by atoms with Crippen LogP contribution in [0.4, 0.5) is 21.7 Å². The summed E-state index contributed by atoms with van der Waals surface area (Å²) in [4.78, 5) is 21.5. The lowest BCUT2D eigenvalue weighted by molar-refractivity contribution is 0.0697. The molecule has 0 radical (unpaired) electrons. The van der Waals surface area contributed by atoms with Crippen LogP contribution in [0.5, 0.6) is 0 Å². The summed E-state index contributed by atoms with van der Waals surface area (Å²) in [7, 11) is 1.97. The third-order valence-electron chi connectivity index (χ3n) is 4.51. The molecular formula is C18H22FN5O2. The number of piperidine rings is 1. The predicted octanol–water partition coefficient (Wildman–Crippen LogP) is 2.49. The molecule has 8 heteroatoms. The van der Waals surface area contributed by atoms with Crippen molar-refractivity contribution >= 4 is 23.3 Å². The van der Waals surface area contributed by atoms with Crippen LogP contribution >= 0.6 is 0 Å². The Morgan fingerprint density at radius 3 is 2.85 bits per heavy atom. The van der Waals surface area contributed by atoms with Gasteiger partial charge in [0.25, 0.3) is 0 Å². The summed E-state index contributed by atoms with van der Waals surface area (Å²) in [5, 5.41) is 15.2. The van der Waals surface area contributed by atoms with Crippen molar-refractivity contribution in [3.63, 3.8) is 0 Å². The molecule has 1 aromatic carbocycles. The van der Waals surface area contributed by atoms with Gasteiger partial charge in [-0.3, -0.25) is 0 Å². The average molecular weight is 359 g/mol. The molecule has 0 saturated carbocycles. The maximum atomic E-state index is 14.0. The molecule has 0 unspecified atom stereocenters. The summed E-state index contributed by atoms with van der Waals surface area (Å²) in [5.41, 5.74) is 0.0711. The predicted molar refractivity (Wildman–Crippen MR) is 97.5 cm³/mol. The molecule has 0 aliphatic carbocycles. The van der Waals surface area contributed by atoms with Crippen LogP contribution in [0.15, 0.2) is 30.6 Å². The molecule has 2 heterocycles. The van der Waals surface area contributed by atoms with Gasteiger partial charge in [-0.1, -0.05) is 0 Å². The number of carbonyl (C=O) groups is 1. The van der Waals surface area contributed by atoms with Gasteiger partial charge in [0.15, 0.2) is 0 Å². The van der Waals surface area contributed by atoms with Gasteiger partial charge in [0.2, 0.25) is 0 Å². The van der Waals surface area contributed by atoms with E-state index in [-0.39, 0.29) is 11.3 Å². The Bertz CT molecular complexity index is 780. The summed E-state index contributed by atoms with van der Waals surface area (Å²) in [6.45, 7) is 2.96. The monoisotopic (exact) mass is 359 g/mol. The number of rotatable bonds is 6. The summed E-state index contributed by atoms with van der Waals surface area (Å²) >= 11 is 0. The van der Waals surface area contributed by atoms with Crippen molar-refractivity contribution in [3.05, 3.63) is 42.0 Å². The molecule has 0 spiro atoms. The van der Waals surface area contributed by atoms with Gasteiger partial charge in [-0.25, -0.2) is 19.2 Å². The summed E-state index contributed by atoms with van der Waals surface area (Å²) in [6, 6.07) is 5.32. The van der Waals surface area contributed by atoms with Gasteiger partial charge in [-0.2, -0.15) is 0 Å². The number of nitrogens with zero attached hydrogens (tertiary/aromatic N) is 3. The largest absolute Gasteiger partial charge is 0.478 e. The first-order valence-corrected chi connectivity index (χ1v) is 8.56. The number of anilines is 3. The zero-order valence-corrected chi connectivity index (χ0v) is 14.6. The fourth-order valence-corrected chi connectivity index (χ4v) is 3.06. The van der Waals surface area contributed by atoms with Crippen LogP contribution in [0.3, 0.4) is 0 Å². The van der Waals surface area contributed by atoms with Gasteiger partial charge in [0, 0.05) is 19.7 Å². The first kappa shape index (κ1) is 18.1. The topological polar surface area (TPSA) is 90.4 Å². The quantitative estimate of drug-likeness (QED) is 0.730. The molecule has 7 nitrogen and oxygen atoms in total. The van der Waals surface area contributed by atoms with E-state index >= 15 is 0 Å². The van der Waals surface area contributed by atoms with E-state index in [1.165, 1.54) is 18.5 Å². The van der Waals surface area contributed by atoms with Crippen molar-refractivity contribution in [3.8, 4) is 0 Å². The number of carboxylic acid groups (broad SMARTS) is 1. The van der Waals surface area contributed by atoms with Crippen LogP contribution in [-0.4, -0.2) is 47.7 Å². The minimum atomic E-state index is -1.11.